The zero-order valence-corrected chi connectivity index (χ0v) is 11.4. The minimum Gasteiger partial charge on any atom is -0.379 e. The van der Waals surface area contributed by atoms with Gasteiger partial charge < -0.3 is 9.30 Å². The predicted octanol–water partition coefficient (Wildman–Crippen LogP) is 2.06. The number of morpholine rings is 1. The molecule has 1 aliphatic rings. The van der Waals surface area contributed by atoms with E-state index in [1.54, 1.807) is 0 Å². The van der Waals surface area contributed by atoms with Gasteiger partial charge in [-0.3, -0.25) is 4.90 Å². The van der Waals surface area contributed by atoms with E-state index in [1.165, 1.54) is 0 Å². The molecule has 2 heterocycles. The van der Waals surface area contributed by atoms with Gasteiger partial charge in [0.25, 0.3) is 0 Å². The Bertz CT molecular complexity index is 345. The summed E-state index contributed by atoms with van der Waals surface area (Å²) < 4.78 is 8.63. The van der Waals surface area contributed by atoms with Crippen LogP contribution < -0.4 is 0 Å². The normalized spacial score (nSPS) is 18.2. The Morgan fingerprint density at radius 1 is 1.44 bits per heavy atom. The highest BCUT2D eigenvalue weighted by molar-refractivity contribution is 9.10. The minimum atomic E-state index is 0.438. The van der Waals surface area contributed by atoms with Gasteiger partial charge in [-0.2, -0.15) is 0 Å². The van der Waals surface area contributed by atoms with E-state index in [0.717, 1.165) is 43.3 Å². The van der Waals surface area contributed by atoms with Gasteiger partial charge in [0.2, 0.25) is 0 Å². The van der Waals surface area contributed by atoms with Gasteiger partial charge in [-0.25, -0.2) is 4.98 Å². The molecule has 0 atom stereocenters. The fraction of sp³-hybridized carbons (Fsp3) is 0.727. The molecule has 16 heavy (non-hydrogen) atoms. The molecule has 0 saturated carbocycles. The van der Waals surface area contributed by atoms with E-state index in [9.17, 15) is 0 Å². The van der Waals surface area contributed by atoms with E-state index in [-0.39, 0.29) is 0 Å². The van der Waals surface area contributed by atoms with Crippen LogP contribution in [0, 0.1) is 0 Å². The quantitative estimate of drug-likeness (QED) is 0.853. The summed E-state index contributed by atoms with van der Waals surface area (Å²) in [5, 5.41) is 0. The number of hydrogen-bond donors (Lipinski definition) is 0. The summed E-state index contributed by atoms with van der Waals surface area (Å²) in [7, 11) is 0. The summed E-state index contributed by atoms with van der Waals surface area (Å²) in [5.74, 6) is 1.13. The van der Waals surface area contributed by atoms with Crippen LogP contribution >= 0.6 is 15.9 Å². The molecule has 1 aliphatic heterocycles. The van der Waals surface area contributed by atoms with Crippen molar-refractivity contribution in [2.24, 2.45) is 0 Å². The van der Waals surface area contributed by atoms with Gasteiger partial charge in [0.15, 0.2) is 0 Å². The molecule has 1 fully saturated rings. The van der Waals surface area contributed by atoms with E-state index < -0.39 is 0 Å². The lowest BCUT2D eigenvalue weighted by Crippen LogP contribution is -2.36. The summed E-state index contributed by atoms with van der Waals surface area (Å²) >= 11 is 3.54. The Hall–Kier alpha value is -0.390. The second-order valence-electron chi connectivity index (χ2n) is 4.35. The lowest BCUT2D eigenvalue weighted by Gasteiger charge is -2.27. The Kier molecular flexibility index (Phi) is 4.00. The molecule has 1 aromatic rings. The van der Waals surface area contributed by atoms with Gasteiger partial charge in [0.1, 0.15) is 10.4 Å². The maximum absolute atomic E-state index is 5.34. The number of aromatic nitrogens is 2. The summed E-state index contributed by atoms with van der Waals surface area (Å²) in [6.07, 6.45) is 1.88. The first-order valence-corrected chi connectivity index (χ1v) is 6.49. The molecule has 0 amide bonds. The van der Waals surface area contributed by atoms with Crippen molar-refractivity contribution < 1.29 is 4.74 Å². The zero-order valence-electron chi connectivity index (χ0n) is 9.82. The molecular formula is C11H18BrN3O. The van der Waals surface area contributed by atoms with Crippen LogP contribution in [0.3, 0.4) is 0 Å². The molecular weight excluding hydrogens is 270 g/mol. The predicted molar refractivity (Wildman–Crippen MR) is 66.4 cm³/mol. The Balaban J connectivity index is 2.08. The van der Waals surface area contributed by atoms with Gasteiger partial charge in [-0.05, 0) is 29.8 Å². The van der Waals surface area contributed by atoms with E-state index in [2.05, 4.69) is 44.2 Å². The largest absolute Gasteiger partial charge is 0.379 e. The number of ether oxygens (including phenoxy) is 1. The number of imidazole rings is 1. The maximum atomic E-state index is 5.34. The zero-order chi connectivity index (χ0) is 11.5. The van der Waals surface area contributed by atoms with Crippen molar-refractivity contribution in [2.75, 3.05) is 26.3 Å². The molecule has 0 unspecified atom stereocenters. The third-order valence-electron chi connectivity index (χ3n) is 2.81. The second-order valence-corrected chi connectivity index (χ2v) is 5.16. The lowest BCUT2D eigenvalue weighted by atomic mass is 10.3. The van der Waals surface area contributed by atoms with Crippen molar-refractivity contribution in [1.29, 1.82) is 0 Å². The topological polar surface area (TPSA) is 30.3 Å². The Morgan fingerprint density at radius 3 is 2.75 bits per heavy atom. The highest BCUT2D eigenvalue weighted by Gasteiger charge is 2.16. The van der Waals surface area contributed by atoms with Gasteiger partial charge in [-0.15, -0.1) is 0 Å². The van der Waals surface area contributed by atoms with Crippen molar-refractivity contribution in [3.63, 3.8) is 0 Å². The van der Waals surface area contributed by atoms with Gasteiger partial charge >= 0.3 is 0 Å². The van der Waals surface area contributed by atoms with Crippen LogP contribution in [0.15, 0.2) is 10.8 Å². The van der Waals surface area contributed by atoms with Crippen LogP contribution in [0.25, 0.3) is 0 Å². The van der Waals surface area contributed by atoms with Crippen molar-refractivity contribution in [1.82, 2.24) is 14.5 Å². The first-order valence-electron chi connectivity index (χ1n) is 5.70. The van der Waals surface area contributed by atoms with E-state index in [0.29, 0.717) is 6.04 Å². The van der Waals surface area contributed by atoms with Crippen LogP contribution in [0.5, 0.6) is 0 Å². The van der Waals surface area contributed by atoms with Gasteiger partial charge in [0.05, 0.1) is 26.0 Å². The molecule has 0 aliphatic carbocycles. The van der Waals surface area contributed by atoms with E-state index in [4.69, 9.17) is 4.74 Å². The van der Waals surface area contributed by atoms with Crippen molar-refractivity contribution in [3.05, 3.63) is 16.6 Å². The highest BCUT2D eigenvalue weighted by Crippen LogP contribution is 2.20. The Morgan fingerprint density at radius 2 is 2.12 bits per heavy atom. The summed E-state index contributed by atoms with van der Waals surface area (Å²) in [6, 6.07) is 0.438. The average Bonchev–Trinajstić information content (AvgIpc) is 2.61. The Labute approximate surface area is 105 Å². The average molecular weight is 288 g/mol. The molecule has 0 N–H and O–H groups in total. The molecule has 0 aromatic carbocycles. The first kappa shape index (κ1) is 12.1. The fourth-order valence-electron chi connectivity index (χ4n) is 2.00. The smallest absolute Gasteiger partial charge is 0.124 e. The number of rotatable bonds is 3. The lowest BCUT2D eigenvalue weighted by molar-refractivity contribution is 0.0324. The van der Waals surface area contributed by atoms with Crippen LogP contribution in [0.4, 0.5) is 0 Å². The van der Waals surface area contributed by atoms with Crippen LogP contribution in [0.2, 0.25) is 0 Å². The van der Waals surface area contributed by atoms with E-state index in [1.807, 2.05) is 6.20 Å². The number of hydrogen-bond acceptors (Lipinski definition) is 3. The molecule has 2 rings (SSSR count). The summed E-state index contributed by atoms with van der Waals surface area (Å²) in [4.78, 5) is 6.85. The second kappa shape index (κ2) is 5.29. The third kappa shape index (κ3) is 2.64. The highest BCUT2D eigenvalue weighted by atomic mass is 79.9. The summed E-state index contributed by atoms with van der Waals surface area (Å²) in [6.45, 7) is 8.94. The van der Waals surface area contributed by atoms with Crippen LogP contribution in [-0.2, 0) is 11.3 Å². The molecule has 90 valence electrons. The molecule has 5 heteroatoms. The van der Waals surface area contributed by atoms with Gasteiger partial charge in [-0.1, -0.05) is 0 Å². The van der Waals surface area contributed by atoms with Crippen molar-refractivity contribution in [2.45, 2.75) is 26.4 Å². The molecule has 1 aromatic heterocycles. The SMILES string of the molecule is CC(C)n1c(Br)cnc1CN1CCOCC1. The molecule has 4 nitrogen and oxygen atoms in total. The standard InChI is InChI=1S/C11H18BrN3O/c1-9(2)15-10(12)7-13-11(15)8-14-3-5-16-6-4-14/h7,9H,3-6,8H2,1-2H3. The number of halogens is 1. The minimum absolute atomic E-state index is 0.438. The monoisotopic (exact) mass is 287 g/mol. The van der Waals surface area contributed by atoms with Crippen molar-refractivity contribution >= 4 is 15.9 Å². The van der Waals surface area contributed by atoms with E-state index >= 15 is 0 Å². The molecule has 1 saturated heterocycles. The molecule has 0 spiro atoms. The van der Waals surface area contributed by atoms with Crippen LogP contribution in [0.1, 0.15) is 25.7 Å². The maximum Gasteiger partial charge on any atom is 0.124 e. The fourth-order valence-corrected chi connectivity index (χ4v) is 2.71. The molecule has 0 radical (unpaired) electrons. The number of nitrogens with zero attached hydrogens (tertiary/aromatic N) is 3. The third-order valence-corrected chi connectivity index (χ3v) is 3.40. The van der Waals surface area contributed by atoms with Crippen molar-refractivity contribution in [3.8, 4) is 0 Å². The molecule has 0 bridgehead atoms. The summed E-state index contributed by atoms with van der Waals surface area (Å²) in [5.41, 5.74) is 0. The van der Waals surface area contributed by atoms with Gasteiger partial charge in [0, 0.05) is 19.1 Å². The van der Waals surface area contributed by atoms with Crippen LogP contribution in [-0.4, -0.2) is 40.8 Å². The first-order chi connectivity index (χ1) is 7.68.